The Morgan fingerprint density at radius 2 is 1.75 bits per heavy atom. The van der Waals surface area contributed by atoms with E-state index in [2.05, 4.69) is 36.3 Å². The maximum atomic E-state index is 14.7. The summed E-state index contributed by atoms with van der Waals surface area (Å²) < 4.78 is 33.7. The number of amides is 2. The molecule has 4 rings (SSSR count). The highest BCUT2D eigenvalue weighted by atomic mass is 35.5. The molecule has 2 aliphatic rings. The monoisotopic (exact) mass is 575 g/mol. The van der Waals surface area contributed by atoms with Crippen LogP contribution in [0, 0.1) is 23.5 Å². The Bertz CT molecular complexity index is 1170. The number of ether oxygens (including phenoxy) is 1. The Kier molecular flexibility index (Phi) is 10.2. The van der Waals surface area contributed by atoms with Gasteiger partial charge in [-0.2, -0.15) is 0 Å². The molecule has 2 saturated heterocycles. The van der Waals surface area contributed by atoms with E-state index in [0.29, 0.717) is 69.1 Å². The molecule has 0 saturated carbocycles. The Morgan fingerprint density at radius 1 is 1.05 bits per heavy atom. The number of rotatable bonds is 9. The van der Waals surface area contributed by atoms with Crippen molar-refractivity contribution in [1.82, 2.24) is 15.5 Å². The van der Waals surface area contributed by atoms with Crippen molar-refractivity contribution in [3.8, 4) is 0 Å². The van der Waals surface area contributed by atoms with Gasteiger partial charge in [0.05, 0.1) is 12.0 Å². The number of carbonyl (C=O) groups excluding carboxylic acids is 2. The Balaban J connectivity index is 1.39. The molecule has 0 unspecified atom stereocenters. The van der Waals surface area contributed by atoms with E-state index in [-0.39, 0.29) is 35.2 Å². The maximum Gasteiger partial charge on any atom is 0.225 e. The minimum absolute atomic E-state index is 0.0182. The van der Waals surface area contributed by atoms with Gasteiger partial charge in [0.1, 0.15) is 11.6 Å². The third-order valence-corrected chi connectivity index (χ3v) is 8.37. The summed E-state index contributed by atoms with van der Waals surface area (Å²) in [4.78, 5) is 28.5. The van der Waals surface area contributed by atoms with Gasteiger partial charge in [0.2, 0.25) is 11.8 Å². The Labute approximate surface area is 240 Å². The number of hydrogen-bond donors (Lipinski definition) is 2. The van der Waals surface area contributed by atoms with Gasteiger partial charge in [0, 0.05) is 61.3 Å². The van der Waals surface area contributed by atoms with Gasteiger partial charge < -0.3 is 15.4 Å². The predicted molar refractivity (Wildman–Crippen MR) is 152 cm³/mol. The first-order valence-corrected chi connectivity index (χ1v) is 14.5. The van der Waals surface area contributed by atoms with Crippen LogP contribution in [0.3, 0.4) is 0 Å². The van der Waals surface area contributed by atoms with Crippen molar-refractivity contribution in [2.45, 2.75) is 64.0 Å². The summed E-state index contributed by atoms with van der Waals surface area (Å²) in [6.07, 6.45) is 2.68. The molecule has 0 aromatic heterocycles. The molecule has 2 amide bonds. The molecule has 2 aliphatic heterocycles. The van der Waals surface area contributed by atoms with E-state index >= 15 is 0 Å². The molecule has 9 heteroatoms. The maximum absolute atomic E-state index is 14.7. The summed E-state index contributed by atoms with van der Waals surface area (Å²) >= 11 is 6.09. The van der Waals surface area contributed by atoms with E-state index in [1.165, 1.54) is 12.1 Å². The lowest BCUT2D eigenvalue weighted by atomic mass is 9.88. The number of benzene rings is 2. The second kappa shape index (κ2) is 13.4. The van der Waals surface area contributed by atoms with Gasteiger partial charge in [-0.3, -0.25) is 14.5 Å². The topological polar surface area (TPSA) is 70.7 Å². The summed E-state index contributed by atoms with van der Waals surface area (Å²) in [5.74, 6) is -2.28. The highest BCUT2D eigenvalue weighted by molar-refractivity contribution is 6.30. The third-order valence-electron chi connectivity index (χ3n) is 8.12. The van der Waals surface area contributed by atoms with Gasteiger partial charge in [-0.1, -0.05) is 29.8 Å². The first-order chi connectivity index (χ1) is 19.0. The molecule has 6 nitrogen and oxygen atoms in total. The average Bonchev–Trinajstić information content (AvgIpc) is 3.37. The van der Waals surface area contributed by atoms with Crippen LogP contribution in [-0.2, 0) is 14.3 Å². The molecule has 2 N–H and O–H groups in total. The summed E-state index contributed by atoms with van der Waals surface area (Å²) in [7, 11) is 0. The lowest BCUT2D eigenvalue weighted by Crippen LogP contribution is -2.41. The largest absolute Gasteiger partial charge is 0.381 e. The molecule has 0 radical (unpaired) electrons. The van der Waals surface area contributed by atoms with Crippen molar-refractivity contribution in [3.63, 3.8) is 0 Å². The highest BCUT2D eigenvalue weighted by Gasteiger charge is 2.42. The van der Waals surface area contributed by atoms with Crippen molar-refractivity contribution in [3.05, 3.63) is 70.2 Å². The van der Waals surface area contributed by atoms with Gasteiger partial charge in [-0.15, -0.1) is 0 Å². The molecule has 2 aromatic rings. The molecular weight excluding hydrogens is 536 g/mol. The van der Waals surface area contributed by atoms with E-state index in [4.69, 9.17) is 16.3 Å². The minimum atomic E-state index is -0.632. The summed E-state index contributed by atoms with van der Waals surface area (Å²) in [5, 5.41) is 6.87. The smallest absolute Gasteiger partial charge is 0.225 e. The van der Waals surface area contributed by atoms with Crippen LogP contribution in [0.4, 0.5) is 8.78 Å². The van der Waals surface area contributed by atoms with Crippen LogP contribution in [0.5, 0.6) is 0 Å². The summed E-state index contributed by atoms with van der Waals surface area (Å²) in [6, 6.07) is 10.8. The fourth-order valence-electron chi connectivity index (χ4n) is 5.65. The second-order valence-electron chi connectivity index (χ2n) is 11.9. The predicted octanol–water partition coefficient (Wildman–Crippen LogP) is 5.61. The molecule has 0 spiro atoms. The van der Waals surface area contributed by atoms with Crippen molar-refractivity contribution in [2.75, 3.05) is 32.8 Å². The fourth-order valence-corrected chi connectivity index (χ4v) is 5.78. The second-order valence-corrected chi connectivity index (χ2v) is 12.3. The number of halogens is 3. The Hall–Kier alpha value is -2.55. The van der Waals surface area contributed by atoms with Crippen molar-refractivity contribution in [2.24, 2.45) is 11.8 Å². The minimum Gasteiger partial charge on any atom is -0.381 e. The van der Waals surface area contributed by atoms with Crippen LogP contribution in [0.1, 0.15) is 69.5 Å². The number of nitrogens with zero attached hydrogens (tertiary/aromatic N) is 1. The molecule has 0 bridgehead atoms. The molecule has 3 atom stereocenters. The zero-order chi connectivity index (χ0) is 28.9. The van der Waals surface area contributed by atoms with Gasteiger partial charge in [-0.05, 0) is 75.8 Å². The molecule has 40 heavy (non-hydrogen) atoms. The third kappa shape index (κ3) is 7.80. The summed E-state index contributed by atoms with van der Waals surface area (Å²) in [5.41, 5.74) is 1.13. The van der Waals surface area contributed by atoms with Crippen LogP contribution in [-0.4, -0.2) is 55.1 Å². The zero-order valence-electron chi connectivity index (χ0n) is 23.5. The van der Waals surface area contributed by atoms with Crippen LogP contribution in [0.2, 0.25) is 5.02 Å². The van der Waals surface area contributed by atoms with Gasteiger partial charge in [-0.25, -0.2) is 8.78 Å². The van der Waals surface area contributed by atoms with Gasteiger partial charge >= 0.3 is 0 Å². The SMILES string of the molecule is CC(C)(C)N1C[C@@H](C(=O)NCCC[C@H](NC(=O)C2CCOCC2)c2ccc(Cl)cc2)[C@H](c2ccc(F)cc2F)C1. The lowest BCUT2D eigenvalue weighted by Gasteiger charge is -2.31. The first-order valence-electron chi connectivity index (χ1n) is 14.1. The van der Waals surface area contributed by atoms with Crippen molar-refractivity contribution < 1.29 is 23.1 Å². The number of likely N-dealkylation sites (tertiary alicyclic amines) is 1. The van der Waals surface area contributed by atoms with Crippen LogP contribution in [0.25, 0.3) is 0 Å². The molecule has 0 aliphatic carbocycles. The Morgan fingerprint density at radius 3 is 2.40 bits per heavy atom. The van der Waals surface area contributed by atoms with Gasteiger partial charge in [0.15, 0.2) is 0 Å². The normalized spacial score (nSPS) is 21.2. The molecule has 2 heterocycles. The van der Waals surface area contributed by atoms with E-state index in [1.54, 1.807) is 0 Å². The van der Waals surface area contributed by atoms with E-state index in [0.717, 1.165) is 11.6 Å². The first kappa shape index (κ1) is 30.4. The number of carbonyl (C=O) groups is 2. The van der Waals surface area contributed by atoms with E-state index in [9.17, 15) is 18.4 Å². The lowest BCUT2D eigenvalue weighted by molar-refractivity contribution is -0.129. The van der Waals surface area contributed by atoms with Crippen molar-refractivity contribution >= 4 is 23.4 Å². The molecule has 2 fully saturated rings. The summed E-state index contributed by atoms with van der Waals surface area (Å²) in [6.45, 7) is 8.80. The van der Waals surface area contributed by atoms with Crippen LogP contribution >= 0.6 is 11.6 Å². The van der Waals surface area contributed by atoms with Crippen molar-refractivity contribution in [1.29, 1.82) is 0 Å². The highest BCUT2D eigenvalue weighted by Crippen LogP contribution is 2.37. The molecule has 218 valence electrons. The molecule has 2 aromatic carbocycles. The van der Waals surface area contributed by atoms with Gasteiger partial charge in [0.25, 0.3) is 0 Å². The quantitative estimate of drug-likeness (QED) is 0.381. The zero-order valence-corrected chi connectivity index (χ0v) is 24.3. The fraction of sp³-hybridized carbons (Fsp3) is 0.548. The van der Waals surface area contributed by atoms with Crippen LogP contribution < -0.4 is 10.6 Å². The van der Waals surface area contributed by atoms with E-state index in [1.807, 2.05) is 24.3 Å². The molecular formula is C31H40ClF2N3O3. The number of nitrogens with one attached hydrogen (secondary N) is 2. The van der Waals surface area contributed by atoms with Crippen LogP contribution in [0.15, 0.2) is 42.5 Å². The average molecular weight is 576 g/mol. The standard InChI is InChI=1S/C31H40ClF2N3O3/c1-31(2,3)37-18-25(24-11-10-23(33)17-27(24)34)26(19-37)30(39)35-14-4-5-28(20-6-8-22(32)9-7-20)36-29(38)21-12-15-40-16-13-21/h6-11,17,21,25-26,28H,4-5,12-16,18-19H2,1-3H3,(H,35,39)(H,36,38)/t25-,26+,28-/m0/s1. The van der Waals surface area contributed by atoms with E-state index < -0.39 is 17.6 Å². The number of hydrogen-bond acceptors (Lipinski definition) is 4.